The van der Waals surface area contributed by atoms with Crippen LogP contribution in [0.15, 0.2) is 0 Å². The number of rotatable bonds is 4. The van der Waals surface area contributed by atoms with Gasteiger partial charge in [-0.3, -0.25) is 14.6 Å². The lowest BCUT2D eigenvalue weighted by Crippen LogP contribution is -2.59. The Balaban J connectivity index is 1.88. The minimum absolute atomic E-state index is 0.318. The molecule has 2 rings (SSSR count). The fourth-order valence-corrected chi connectivity index (χ4v) is 3.44. The molecule has 2 aliphatic rings. The quantitative estimate of drug-likeness (QED) is 0.774. The summed E-state index contributed by atoms with van der Waals surface area (Å²) >= 11 is 0. The zero-order valence-electron chi connectivity index (χ0n) is 13.1. The summed E-state index contributed by atoms with van der Waals surface area (Å²) in [6.07, 6.45) is 4.64. The fraction of sp³-hybridized carbons (Fsp3) is 0.933. The van der Waals surface area contributed by atoms with Gasteiger partial charge in [0.05, 0.1) is 7.11 Å². The summed E-state index contributed by atoms with van der Waals surface area (Å²) in [5.41, 5.74) is 5.18. The Labute approximate surface area is 122 Å². The minimum atomic E-state index is -0.877. The Morgan fingerprint density at radius 1 is 1.40 bits per heavy atom. The van der Waals surface area contributed by atoms with E-state index in [1.54, 1.807) is 6.92 Å². The van der Waals surface area contributed by atoms with Crippen molar-refractivity contribution in [3.05, 3.63) is 0 Å². The van der Waals surface area contributed by atoms with Crippen LogP contribution in [0.4, 0.5) is 0 Å². The van der Waals surface area contributed by atoms with Gasteiger partial charge in [-0.25, -0.2) is 0 Å². The zero-order chi connectivity index (χ0) is 14.8. The third kappa shape index (κ3) is 3.51. The van der Waals surface area contributed by atoms with Crippen LogP contribution in [-0.2, 0) is 9.53 Å². The molecule has 20 heavy (non-hydrogen) atoms. The van der Waals surface area contributed by atoms with Crippen LogP contribution in [0.5, 0.6) is 0 Å². The number of carbonyl (C=O) groups is 1. The molecule has 3 unspecified atom stereocenters. The molecule has 2 fully saturated rings. The van der Waals surface area contributed by atoms with Gasteiger partial charge in [0.25, 0.3) is 0 Å². The lowest BCUT2D eigenvalue weighted by Gasteiger charge is -2.48. The van der Waals surface area contributed by atoms with Crippen molar-refractivity contribution in [1.82, 2.24) is 9.80 Å². The van der Waals surface area contributed by atoms with Crippen LogP contribution >= 0.6 is 0 Å². The summed E-state index contributed by atoms with van der Waals surface area (Å²) in [6, 6.07) is 1.24. The SMILES string of the molecule is COC(=O)C(C)(N)CCN1CC2CCCCN2CC1C. The van der Waals surface area contributed by atoms with Crippen molar-refractivity contribution < 1.29 is 9.53 Å². The molecule has 0 spiro atoms. The van der Waals surface area contributed by atoms with Gasteiger partial charge in [-0.2, -0.15) is 0 Å². The Morgan fingerprint density at radius 3 is 2.85 bits per heavy atom. The van der Waals surface area contributed by atoms with Gasteiger partial charge < -0.3 is 10.5 Å². The molecular formula is C15H29N3O2. The molecule has 0 saturated carbocycles. The van der Waals surface area contributed by atoms with Crippen LogP contribution in [0.2, 0.25) is 0 Å². The number of piperidine rings is 1. The summed E-state index contributed by atoms with van der Waals surface area (Å²) in [5.74, 6) is -0.318. The number of ether oxygens (including phenoxy) is 1. The number of esters is 1. The highest BCUT2D eigenvalue weighted by molar-refractivity contribution is 5.79. The summed E-state index contributed by atoms with van der Waals surface area (Å²) < 4.78 is 4.78. The maximum atomic E-state index is 11.6. The van der Waals surface area contributed by atoms with E-state index in [2.05, 4.69) is 16.7 Å². The van der Waals surface area contributed by atoms with E-state index in [-0.39, 0.29) is 5.97 Å². The Bertz CT molecular complexity index is 346. The number of nitrogens with zero attached hydrogens (tertiary/aromatic N) is 2. The fourth-order valence-electron chi connectivity index (χ4n) is 3.44. The molecule has 5 heteroatoms. The van der Waals surface area contributed by atoms with E-state index >= 15 is 0 Å². The highest BCUT2D eigenvalue weighted by Gasteiger charge is 2.35. The Morgan fingerprint density at radius 2 is 2.15 bits per heavy atom. The number of piperazine rings is 1. The maximum absolute atomic E-state index is 11.6. The van der Waals surface area contributed by atoms with Crippen molar-refractivity contribution in [3.8, 4) is 0 Å². The van der Waals surface area contributed by atoms with Crippen molar-refractivity contribution in [3.63, 3.8) is 0 Å². The molecule has 3 atom stereocenters. The molecule has 2 aliphatic heterocycles. The monoisotopic (exact) mass is 283 g/mol. The van der Waals surface area contributed by atoms with Crippen LogP contribution in [0.25, 0.3) is 0 Å². The van der Waals surface area contributed by atoms with E-state index in [0.717, 1.165) is 19.6 Å². The van der Waals surface area contributed by atoms with Crippen molar-refractivity contribution in [2.75, 3.05) is 33.3 Å². The van der Waals surface area contributed by atoms with Crippen LogP contribution in [0.1, 0.15) is 39.5 Å². The third-order valence-corrected chi connectivity index (χ3v) is 4.89. The van der Waals surface area contributed by atoms with Crippen molar-refractivity contribution >= 4 is 5.97 Å². The predicted octanol–water partition coefficient (Wildman–Crippen LogP) is 0.826. The van der Waals surface area contributed by atoms with Gasteiger partial charge >= 0.3 is 5.97 Å². The number of hydrogen-bond acceptors (Lipinski definition) is 5. The normalized spacial score (nSPS) is 31.4. The first-order valence-electron chi connectivity index (χ1n) is 7.79. The zero-order valence-corrected chi connectivity index (χ0v) is 13.1. The van der Waals surface area contributed by atoms with E-state index in [9.17, 15) is 4.79 Å². The molecular weight excluding hydrogens is 254 g/mol. The predicted molar refractivity (Wildman–Crippen MR) is 79.5 cm³/mol. The lowest BCUT2D eigenvalue weighted by molar-refractivity contribution is -0.146. The van der Waals surface area contributed by atoms with E-state index in [1.165, 1.54) is 32.9 Å². The molecule has 2 N–H and O–H groups in total. The topological polar surface area (TPSA) is 58.8 Å². The van der Waals surface area contributed by atoms with Gasteiger partial charge in [0.2, 0.25) is 0 Å². The van der Waals surface area contributed by atoms with Crippen LogP contribution in [0.3, 0.4) is 0 Å². The number of methoxy groups -OCH3 is 1. The first-order chi connectivity index (χ1) is 9.44. The number of carbonyl (C=O) groups excluding carboxylic acids is 1. The van der Waals surface area contributed by atoms with Crippen molar-refractivity contribution in [2.24, 2.45) is 5.73 Å². The summed E-state index contributed by atoms with van der Waals surface area (Å²) in [6.45, 7) is 8.41. The number of hydrogen-bond donors (Lipinski definition) is 1. The van der Waals surface area contributed by atoms with Crippen LogP contribution in [-0.4, -0.2) is 66.7 Å². The van der Waals surface area contributed by atoms with E-state index in [1.807, 2.05) is 0 Å². The molecule has 2 heterocycles. The molecule has 2 saturated heterocycles. The van der Waals surface area contributed by atoms with Gasteiger partial charge in [-0.1, -0.05) is 6.42 Å². The average molecular weight is 283 g/mol. The van der Waals surface area contributed by atoms with E-state index in [0.29, 0.717) is 18.5 Å². The van der Waals surface area contributed by atoms with Crippen molar-refractivity contribution in [1.29, 1.82) is 0 Å². The van der Waals surface area contributed by atoms with Gasteiger partial charge in [-0.15, -0.1) is 0 Å². The molecule has 0 aromatic heterocycles. The third-order valence-electron chi connectivity index (χ3n) is 4.89. The summed E-state index contributed by atoms with van der Waals surface area (Å²) in [4.78, 5) is 16.8. The second-order valence-corrected chi connectivity index (χ2v) is 6.65. The molecule has 5 nitrogen and oxygen atoms in total. The first-order valence-corrected chi connectivity index (χ1v) is 7.79. The second-order valence-electron chi connectivity index (χ2n) is 6.65. The molecule has 0 radical (unpaired) electrons. The first kappa shape index (κ1) is 15.7. The maximum Gasteiger partial charge on any atom is 0.325 e. The van der Waals surface area contributed by atoms with Crippen LogP contribution in [0, 0.1) is 0 Å². The summed E-state index contributed by atoms with van der Waals surface area (Å²) in [7, 11) is 1.40. The highest BCUT2D eigenvalue weighted by Crippen LogP contribution is 2.24. The number of fused-ring (bicyclic) bond motifs is 1. The van der Waals surface area contributed by atoms with Crippen molar-refractivity contribution in [2.45, 2.75) is 57.2 Å². The Kier molecular flexibility index (Phi) is 5.04. The van der Waals surface area contributed by atoms with Gasteiger partial charge in [0, 0.05) is 31.7 Å². The smallest absolute Gasteiger partial charge is 0.325 e. The minimum Gasteiger partial charge on any atom is -0.468 e. The molecule has 0 aromatic carbocycles. The molecule has 116 valence electrons. The molecule has 0 aliphatic carbocycles. The average Bonchev–Trinajstić information content (AvgIpc) is 2.44. The molecule has 0 bridgehead atoms. The Hall–Kier alpha value is -0.650. The van der Waals surface area contributed by atoms with E-state index in [4.69, 9.17) is 10.5 Å². The summed E-state index contributed by atoms with van der Waals surface area (Å²) in [5, 5.41) is 0. The number of nitrogens with two attached hydrogens (primary N) is 1. The van der Waals surface area contributed by atoms with E-state index < -0.39 is 5.54 Å². The van der Waals surface area contributed by atoms with Gasteiger partial charge in [0.15, 0.2) is 0 Å². The largest absolute Gasteiger partial charge is 0.468 e. The molecule has 0 aromatic rings. The van der Waals surface area contributed by atoms with Gasteiger partial charge in [0.1, 0.15) is 5.54 Å². The van der Waals surface area contributed by atoms with Crippen LogP contribution < -0.4 is 5.73 Å². The standard InChI is InChI=1S/C15H29N3O2/c1-12-10-18-8-5-4-6-13(18)11-17(12)9-7-15(2,16)14(19)20-3/h12-13H,4-11,16H2,1-3H3. The van der Waals surface area contributed by atoms with Gasteiger partial charge in [-0.05, 0) is 39.7 Å². The molecule has 0 amide bonds. The second kappa shape index (κ2) is 6.41. The highest BCUT2D eigenvalue weighted by atomic mass is 16.5. The lowest BCUT2D eigenvalue weighted by atomic mass is 9.95.